The molecule has 2 saturated heterocycles. The standard InChI is InChI=1S/C22H30BrNO2.C16H19Br.C7H13BrO2.2CO2.CH4/c1-16-10-11-18-19(15-16)24(12-14-26-20-9-5-6-13-25-20)22(23)21(18)17-7-3-2-4-8-17;1-11-7-8-14-13(9-11)10-15(17)16(14)12-5-3-2-4-6-12;8-4-6-10-7-3-1-2-5-9-7;2*2-1-3;/h10-11,15,17,20H,2-9,12-14H2,1H3;7-9,12H,2-6,10H2,1H3;7H,1-6H2;;;1H4. The average Bonchev–Trinajstić information content (AvgIpc) is 3.73. The molecule has 12 heteroatoms. The third-order valence-electron chi connectivity index (χ3n) is 11.7. The number of ether oxygens (including phenoxy) is 4. The van der Waals surface area contributed by atoms with Gasteiger partial charge in [-0.15, -0.1) is 0 Å². The largest absolute Gasteiger partial charge is 0.373 e. The van der Waals surface area contributed by atoms with Crippen LogP contribution in [0, 0.1) is 19.8 Å². The number of allylic oxidation sites excluding steroid dienone is 2. The number of rotatable bonds is 9. The van der Waals surface area contributed by atoms with Crippen LogP contribution in [-0.4, -0.2) is 61.2 Å². The Labute approximate surface area is 383 Å². The topological polar surface area (TPSA) is 110 Å². The number of hydrogen-bond acceptors (Lipinski definition) is 8. The van der Waals surface area contributed by atoms with Crippen molar-refractivity contribution in [2.45, 2.75) is 155 Å². The van der Waals surface area contributed by atoms with Crippen molar-refractivity contribution in [3.63, 3.8) is 0 Å². The van der Waals surface area contributed by atoms with Crippen molar-refractivity contribution in [3.05, 3.63) is 73.3 Å². The van der Waals surface area contributed by atoms with E-state index in [0.29, 0.717) is 12.5 Å². The first-order valence-electron chi connectivity index (χ1n) is 21.5. The van der Waals surface area contributed by atoms with Crippen molar-refractivity contribution >= 4 is 76.6 Å². The normalized spacial score (nSPS) is 20.2. The molecule has 332 valence electrons. The van der Waals surface area contributed by atoms with E-state index in [-0.39, 0.29) is 32.3 Å². The fourth-order valence-electron chi connectivity index (χ4n) is 8.96. The van der Waals surface area contributed by atoms with Crippen LogP contribution in [0.3, 0.4) is 0 Å². The van der Waals surface area contributed by atoms with E-state index in [9.17, 15) is 0 Å². The molecule has 8 rings (SSSR count). The monoisotopic (exact) mass is 1020 g/mol. The first kappa shape index (κ1) is 52.1. The maximum atomic E-state index is 8.12. The number of aryl methyl sites for hydroxylation is 2. The molecule has 2 aromatic carbocycles. The number of halogens is 3. The number of carbonyl (C=O) groups excluding carboxylic acids is 4. The molecular weight excluding hydrogens is 958 g/mol. The van der Waals surface area contributed by atoms with Crippen molar-refractivity contribution in [1.82, 2.24) is 4.57 Å². The highest BCUT2D eigenvalue weighted by Crippen LogP contribution is 2.46. The van der Waals surface area contributed by atoms with Gasteiger partial charge in [0.15, 0.2) is 12.6 Å². The molecule has 3 heterocycles. The Morgan fingerprint density at radius 1 is 0.683 bits per heavy atom. The summed E-state index contributed by atoms with van der Waals surface area (Å²) in [4.78, 5) is 32.5. The molecule has 0 spiro atoms. The molecule has 2 saturated carbocycles. The molecule has 3 aromatic rings. The van der Waals surface area contributed by atoms with Crippen molar-refractivity contribution in [3.8, 4) is 0 Å². The Hall–Kier alpha value is -2.24. The number of benzene rings is 2. The molecule has 0 N–H and O–H groups in total. The summed E-state index contributed by atoms with van der Waals surface area (Å²) in [5.74, 6) is 1.49. The maximum absolute atomic E-state index is 8.12. The molecule has 0 bridgehead atoms. The van der Waals surface area contributed by atoms with E-state index in [2.05, 4.69) is 103 Å². The highest BCUT2D eigenvalue weighted by molar-refractivity contribution is 9.12. The van der Waals surface area contributed by atoms with E-state index in [1.165, 1.54) is 131 Å². The molecule has 3 aliphatic carbocycles. The number of alkyl halides is 1. The second-order valence-electron chi connectivity index (χ2n) is 15.9. The van der Waals surface area contributed by atoms with E-state index < -0.39 is 0 Å². The van der Waals surface area contributed by atoms with Crippen molar-refractivity contribution in [2.75, 3.05) is 31.8 Å². The lowest BCUT2D eigenvalue weighted by Crippen LogP contribution is -2.24. The first-order valence-corrected chi connectivity index (χ1v) is 24.2. The minimum atomic E-state index is -0.0103. The van der Waals surface area contributed by atoms with Gasteiger partial charge in [-0.25, -0.2) is 0 Å². The fraction of sp³-hybridized carbons (Fsp3) is 0.625. The minimum Gasteiger partial charge on any atom is -0.353 e. The highest BCUT2D eigenvalue weighted by Gasteiger charge is 2.28. The molecular formula is C48H66Br3NO8. The summed E-state index contributed by atoms with van der Waals surface area (Å²) in [6, 6.07) is 13.8. The third kappa shape index (κ3) is 16.1. The lowest BCUT2D eigenvalue weighted by molar-refractivity contribution is -0.193. The Bertz CT molecular complexity index is 1800. The van der Waals surface area contributed by atoms with Gasteiger partial charge in [-0.05, 0) is 140 Å². The van der Waals surface area contributed by atoms with Gasteiger partial charge in [0, 0.05) is 46.9 Å². The molecule has 1 aromatic heterocycles. The Morgan fingerprint density at radius 3 is 1.75 bits per heavy atom. The second-order valence-corrected chi connectivity index (χ2v) is 18.4. The highest BCUT2D eigenvalue weighted by atomic mass is 79.9. The minimum absolute atomic E-state index is 0. The van der Waals surface area contributed by atoms with Crippen LogP contribution in [0.2, 0.25) is 0 Å². The second kappa shape index (κ2) is 29.2. The van der Waals surface area contributed by atoms with Gasteiger partial charge < -0.3 is 23.5 Å². The van der Waals surface area contributed by atoms with Crippen LogP contribution in [0.25, 0.3) is 16.5 Å². The van der Waals surface area contributed by atoms with Gasteiger partial charge in [0.25, 0.3) is 0 Å². The van der Waals surface area contributed by atoms with Crippen LogP contribution in [-0.2, 0) is 51.1 Å². The molecule has 5 aliphatic rings. The molecule has 0 amide bonds. The van der Waals surface area contributed by atoms with Crippen LogP contribution in [0.15, 0.2) is 45.5 Å². The predicted octanol–water partition coefficient (Wildman–Crippen LogP) is 12.9. The zero-order valence-electron chi connectivity index (χ0n) is 34.9. The van der Waals surface area contributed by atoms with E-state index in [0.717, 1.165) is 63.3 Å². The number of hydrogen-bond donors (Lipinski definition) is 0. The molecule has 2 unspecified atom stereocenters. The van der Waals surface area contributed by atoms with Gasteiger partial charge in [0.1, 0.15) is 0 Å². The van der Waals surface area contributed by atoms with Gasteiger partial charge in [0.05, 0.1) is 17.8 Å². The summed E-state index contributed by atoms with van der Waals surface area (Å²) >= 11 is 11.1. The van der Waals surface area contributed by atoms with Crippen LogP contribution < -0.4 is 0 Å². The molecule has 60 heavy (non-hydrogen) atoms. The summed E-state index contributed by atoms with van der Waals surface area (Å²) in [6.07, 6.45) is 22.4. The van der Waals surface area contributed by atoms with E-state index in [1.807, 2.05) is 0 Å². The summed E-state index contributed by atoms with van der Waals surface area (Å²) < 4.78 is 27.5. The van der Waals surface area contributed by atoms with Crippen LogP contribution in [0.1, 0.15) is 144 Å². The van der Waals surface area contributed by atoms with Gasteiger partial charge in [0.2, 0.25) is 0 Å². The summed E-state index contributed by atoms with van der Waals surface area (Å²) in [5, 5.41) is 2.32. The summed E-state index contributed by atoms with van der Waals surface area (Å²) in [7, 11) is 0. The van der Waals surface area contributed by atoms with Crippen LogP contribution >= 0.6 is 47.8 Å². The zero-order chi connectivity index (χ0) is 42.4. The Balaban J connectivity index is 0.000000243. The number of fused-ring (bicyclic) bond motifs is 2. The van der Waals surface area contributed by atoms with Crippen LogP contribution in [0.4, 0.5) is 0 Å². The summed E-state index contributed by atoms with van der Waals surface area (Å²) in [5.41, 5.74) is 10.2. The molecule has 2 aliphatic heterocycles. The van der Waals surface area contributed by atoms with Gasteiger partial charge in [-0.2, -0.15) is 19.2 Å². The maximum Gasteiger partial charge on any atom is 0.373 e. The van der Waals surface area contributed by atoms with Crippen LogP contribution in [0.5, 0.6) is 0 Å². The third-order valence-corrected chi connectivity index (χ3v) is 13.6. The molecule has 0 radical (unpaired) electrons. The van der Waals surface area contributed by atoms with Crippen molar-refractivity contribution < 1.29 is 38.1 Å². The average molecular weight is 1020 g/mol. The van der Waals surface area contributed by atoms with E-state index >= 15 is 0 Å². The first-order chi connectivity index (χ1) is 28.8. The van der Waals surface area contributed by atoms with Gasteiger partial charge in [-0.3, -0.25) is 0 Å². The number of nitrogens with zero attached hydrogens (tertiary/aromatic N) is 1. The lowest BCUT2D eigenvalue weighted by atomic mass is 9.82. The van der Waals surface area contributed by atoms with Crippen molar-refractivity contribution in [1.29, 1.82) is 0 Å². The molecule has 9 nitrogen and oxygen atoms in total. The van der Waals surface area contributed by atoms with Gasteiger partial charge >= 0.3 is 12.3 Å². The zero-order valence-corrected chi connectivity index (χ0v) is 39.6. The quantitative estimate of drug-likeness (QED) is 0.195. The lowest BCUT2D eigenvalue weighted by Gasteiger charge is -2.24. The van der Waals surface area contributed by atoms with Crippen molar-refractivity contribution in [2.24, 2.45) is 5.92 Å². The fourth-order valence-corrected chi connectivity index (χ4v) is 10.9. The molecule has 4 fully saturated rings. The van der Waals surface area contributed by atoms with Gasteiger partial charge in [-0.1, -0.05) is 114 Å². The SMILES string of the molecule is BrCCOC1CCCCO1.C.Cc1ccc2c(C3CCCCC3)c(Br)n(CCOC3CCCCO3)c2c1.Cc1ccc2c(c1)CC(Br)=C2C1CCCCC1.O=C=O.O=C=O. The summed E-state index contributed by atoms with van der Waals surface area (Å²) in [6.45, 7) is 8.39. The molecule has 2 atom stereocenters. The van der Waals surface area contributed by atoms with E-state index in [4.69, 9.17) is 38.1 Å². The smallest absolute Gasteiger partial charge is 0.353 e. The number of aromatic nitrogens is 1. The Kier molecular flexibility index (Phi) is 25.3. The predicted molar refractivity (Wildman–Crippen MR) is 247 cm³/mol. The Morgan fingerprint density at radius 2 is 1.20 bits per heavy atom. The van der Waals surface area contributed by atoms with E-state index in [1.54, 1.807) is 5.57 Å².